The van der Waals surface area contributed by atoms with E-state index >= 15 is 0 Å². The van der Waals surface area contributed by atoms with Crippen LogP contribution in [-0.4, -0.2) is 70.2 Å². The van der Waals surface area contributed by atoms with Crippen LogP contribution in [0.3, 0.4) is 0 Å². The van der Waals surface area contributed by atoms with Crippen molar-refractivity contribution in [2.75, 3.05) is 50.0 Å². The first-order valence-corrected chi connectivity index (χ1v) is 13.0. The molecule has 208 valence electrons. The number of aliphatic hydroxyl groups is 2. The number of benzene rings is 1. The molecule has 3 aromatic rings. The second-order valence-electron chi connectivity index (χ2n) is 9.06. The highest BCUT2D eigenvalue weighted by molar-refractivity contribution is 5.94. The van der Waals surface area contributed by atoms with E-state index in [0.29, 0.717) is 54.4 Å². The molecule has 1 aliphatic rings. The van der Waals surface area contributed by atoms with Gasteiger partial charge in [0.25, 0.3) is 0 Å². The van der Waals surface area contributed by atoms with Gasteiger partial charge in [-0.3, -0.25) is 4.90 Å². The number of allylic oxidation sites excluding steroid dienone is 5. The maximum Gasteiger partial charge on any atom is 0.319 e. The molecular weight excluding hydrogens is 510 g/mol. The van der Waals surface area contributed by atoms with Crippen LogP contribution < -0.4 is 20.7 Å². The molecule has 40 heavy (non-hydrogen) atoms. The van der Waals surface area contributed by atoms with Crippen molar-refractivity contribution in [3.05, 3.63) is 83.9 Å². The van der Waals surface area contributed by atoms with E-state index in [2.05, 4.69) is 27.1 Å². The largest absolute Gasteiger partial charge is 0.457 e. The Hall–Kier alpha value is -4.63. The monoisotopic (exact) mass is 543 g/mol. The summed E-state index contributed by atoms with van der Waals surface area (Å²) in [4.78, 5) is 14.4. The lowest BCUT2D eigenvalue weighted by Crippen LogP contribution is -2.39. The average molecular weight is 544 g/mol. The number of aliphatic hydroxyl groups excluding tert-OH is 2. The molecular formula is C29H33N7O4. The first-order chi connectivity index (χ1) is 19.5. The molecule has 0 saturated heterocycles. The quantitative estimate of drug-likeness (QED) is 0.233. The topological polar surface area (TPSA) is 147 Å². The zero-order valence-corrected chi connectivity index (χ0v) is 22.3. The Balaban J connectivity index is 1.47. The molecule has 0 bridgehead atoms. The first-order valence-electron chi connectivity index (χ1n) is 13.0. The Bertz CT molecular complexity index is 1450. The summed E-state index contributed by atoms with van der Waals surface area (Å²) in [5.74, 6) is 1.43. The second kappa shape index (κ2) is 14.0. The lowest BCUT2D eigenvalue weighted by molar-refractivity contribution is 0.162. The molecule has 2 heterocycles. The second-order valence-corrected chi connectivity index (χ2v) is 9.06. The Morgan fingerprint density at radius 2 is 1.95 bits per heavy atom. The van der Waals surface area contributed by atoms with Gasteiger partial charge in [0.15, 0.2) is 0 Å². The van der Waals surface area contributed by atoms with Gasteiger partial charge in [-0.05, 0) is 49.8 Å². The molecule has 1 aliphatic carbocycles. The molecule has 0 unspecified atom stereocenters. The SMILES string of the molecule is Cc1c(NC(=O)NCCN(CCO)CCO)cn2ncc(C#N)c(Nc3ccc(OC4=CC=CCC=C4)cc3)c12. The third-order valence-electron chi connectivity index (χ3n) is 6.28. The number of nitrogens with zero attached hydrogens (tertiary/aromatic N) is 4. The van der Waals surface area contributed by atoms with Gasteiger partial charge < -0.3 is 30.9 Å². The molecule has 0 spiro atoms. The maximum atomic E-state index is 12.6. The highest BCUT2D eigenvalue weighted by Crippen LogP contribution is 2.32. The van der Waals surface area contributed by atoms with Crippen LogP contribution >= 0.6 is 0 Å². The predicted molar refractivity (Wildman–Crippen MR) is 154 cm³/mol. The van der Waals surface area contributed by atoms with Crippen LogP contribution in [0.25, 0.3) is 5.52 Å². The predicted octanol–water partition coefficient (Wildman–Crippen LogP) is 3.44. The molecule has 0 fully saturated rings. The number of rotatable bonds is 12. The molecule has 4 rings (SSSR count). The Kier molecular flexibility index (Phi) is 9.90. The standard InChI is InChI=1S/C29H33N7O4/c1-21-26(34-29(39)31-12-13-35(14-16-37)15-17-38)20-36-28(21)27(22(18-30)19-32-36)33-23-8-10-25(11-9-23)40-24-6-4-2-3-5-7-24/h2,4-11,19-20,33,37-38H,3,12-17H2,1H3,(H2,31,34,39). The van der Waals surface area contributed by atoms with Crippen molar-refractivity contribution in [1.82, 2.24) is 19.8 Å². The van der Waals surface area contributed by atoms with Gasteiger partial charge in [-0.25, -0.2) is 9.31 Å². The number of nitrogens with one attached hydrogen (secondary N) is 3. The summed E-state index contributed by atoms with van der Waals surface area (Å²) in [5, 5.41) is 41.4. The van der Waals surface area contributed by atoms with Gasteiger partial charge in [0.05, 0.1) is 48.1 Å². The number of amides is 2. The zero-order chi connectivity index (χ0) is 28.3. The van der Waals surface area contributed by atoms with Gasteiger partial charge >= 0.3 is 6.03 Å². The van der Waals surface area contributed by atoms with Crippen LogP contribution in [0.2, 0.25) is 0 Å². The van der Waals surface area contributed by atoms with Crippen molar-refractivity contribution in [1.29, 1.82) is 5.26 Å². The number of nitriles is 1. The van der Waals surface area contributed by atoms with Crippen LogP contribution in [0.15, 0.2) is 72.8 Å². The minimum Gasteiger partial charge on any atom is -0.457 e. The van der Waals surface area contributed by atoms with E-state index in [0.717, 1.165) is 23.4 Å². The van der Waals surface area contributed by atoms with Crippen molar-refractivity contribution >= 4 is 28.6 Å². The van der Waals surface area contributed by atoms with E-state index in [-0.39, 0.29) is 13.2 Å². The van der Waals surface area contributed by atoms with Gasteiger partial charge in [0.1, 0.15) is 17.6 Å². The number of carbonyl (C=O) groups is 1. The van der Waals surface area contributed by atoms with E-state index < -0.39 is 6.03 Å². The number of aromatic nitrogens is 2. The fraction of sp³-hybridized carbons (Fsp3) is 0.276. The van der Waals surface area contributed by atoms with Crippen LogP contribution in [0.1, 0.15) is 17.5 Å². The fourth-order valence-corrected chi connectivity index (χ4v) is 4.25. The van der Waals surface area contributed by atoms with Crippen LogP contribution in [0.5, 0.6) is 5.75 Å². The molecule has 11 heteroatoms. The van der Waals surface area contributed by atoms with Crippen molar-refractivity contribution < 1.29 is 19.7 Å². The summed E-state index contributed by atoms with van der Waals surface area (Å²) in [5.41, 5.74) is 3.63. The van der Waals surface area contributed by atoms with E-state index in [1.807, 2.05) is 66.5 Å². The Morgan fingerprint density at radius 3 is 2.67 bits per heavy atom. The van der Waals surface area contributed by atoms with Crippen molar-refractivity contribution in [2.24, 2.45) is 0 Å². The van der Waals surface area contributed by atoms with E-state index in [1.165, 1.54) is 6.20 Å². The van der Waals surface area contributed by atoms with E-state index in [1.54, 1.807) is 10.7 Å². The van der Waals surface area contributed by atoms with Gasteiger partial charge in [0, 0.05) is 37.4 Å². The highest BCUT2D eigenvalue weighted by Gasteiger charge is 2.17. The molecule has 2 aromatic heterocycles. The summed E-state index contributed by atoms with van der Waals surface area (Å²) in [6.45, 7) is 3.46. The number of carbonyl (C=O) groups excluding carboxylic acids is 1. The first kappa shape index (κ1) is 28.4. The van der Waals surface area contributed by atoms with E-state index in [9.17, 15) is 10.1 Å². The molecule has 5 N–H and O–H groups in total. The van der Waals surface area contributed by atoms with Gasteiger partial charge in [-0.2, -0.15) is 10.4 Å². The molecule has 11 nitrogen and oxygen atoms in total. The van der Waals surface area contributed by atoms with Crippen LogP contribution in [-0.2, 0) is 0 Å². The summed E-state index contributed by atoms with van der Waals surface area (Å²) in [7, 11) is 0. The van der Waals surface area contributed by atoms with Gasteiger partial charge in [-0.15, -0.1) is 0 Å². The normalized spacial score (nSPS) is 12.6. The summed E-state index contributed by atoms with van der Waals surface area (Å²) >= 11 is 0. The van der Waals surface area contributed by atoms with Gasteiger partial charge in [0.2, 0.25) is 0 Å². The summed E-state index contributed by atoms with van der Waals surface area (Å²) in [6.07, 6.45) is 13.9. The Morgan fingerprint density at radius 1 is 1.18 bits per heavy atom. The van der Waals surface area contributed by atoms with E-state index in [4.69, 9.17) is 14.9 Å². The van der Waals surface area contributed by atoms with Crippen molar-refractivity contribution in [3.8, 4) is 11.8 Å². The fourth-order valence-electron chi connectivity index (χ4n) is 4.25. The molecule has 0 saturated carbocycles. The maximum absolute atomic E-state index is 12.6. The van der Waals surface area contributed by atoms with Crippen molar-refractivity contribution in [2.45, 2.75) is 13.3 Å². The number of ether oxygens (including phenoxy) is 1. The zero-order valence-electron chi connectivity index (χ0n) is 22.3. The third-order valence-corrected chi connectivity index (χ3v) is 6.28. The molecule has 1 aromatic carbocycles. The number of hydrogen-bond donors (Lipinski definition) is 5. The minimum atomic E-state index is -0.397. The number of urea groups is 1. The summed E-state index contributed by atoms with van der Waals surface area (Å²) in [6, 6.07) is 9.22. The number of anilines is 3. The minimum absolute atomic E-state index is 0.0254. The van der Waals surface area contributed by atoms with Crippen LogP contribution in [0.4, 0.5) is 21.9 Å². The third kappa shape index (κ3) is 7.27. The molecule has 0 aliphatic heterocycles. The number of fused-ring (bicyclic) bond motifs is 1. The highest BCUT2D eigenvalue weighted by atomic mass is 16.5. The molecule has 2 amide bonds. The average Bonchev–Trinajstić information content (AvgIpc) is 3.09. The lowest BCUT2D eigenvalue weighted by Gasteiger charge is -2.20. The Labute approximate surface area is 232 Å². The molecule has 0 atom stereocenters. The smallest absolute Gasteiger partial charge is 0.319 e. The number of hydrogen-bond acceptors (Lipinski definition) is 8. The van der Waals surface area contributed by atoms with Crippen molar-refractivity contribution in [3.63, 3.8) is 0 Å². The summed E-state index contributed by atoms with van der Waals surface area (Å²) < 4.78 is 7.56. The lowest BCUT2D eigenvalue weighted by atomic mass is 10.1. The van der Waals surface area contributed by atoms with Crippen LogP contribution in [0, 0.1) is 18.3 Å². The molecule has 0 radical (unpaired) electrons. The number of aryl methyl sites for hydroxylation is 1. The van der Waals surface area contributed by atoms with Gasteiger partial charge in [-0.1, -0.05) is 18.2 Å².